The van der Waals surface area contributed by atoms with Crippen molar-refractivity contribution in [1.82, 2.24) is 15.0 Å². The number of aliphatic hydroxyl groups is 1. The van der Waals surface area contributed by atoms with Crippen LogP contribution in [0.1, 0.15) is 6.92 Å². The lowest BCUT2D eigenvalue weighted by Gasteiger charge is -2.23. The Balaban J connectivity index is 1.71. The molecule has 1 aromatic carbocycles. The average Bonchev–Trinajstić information content (AvgIpc) is 3.07. The van der Waals surface area contributed by atoms with Crippen LogP contribution in [0, 0.1) is 0 Å². The number of aromatic nitrogens is 3. The number of fused-ring (bicyclic) bond motifs is 1. The Hall–Kier alpha value is -3.53. The number of aliphatic hydroxyl groups excluding tert-OH is 1. The monoisotopic (exact) mass is 400 g/mol. The molecule has 0 aliphatic heterocycles. The predicted octanol–water partition coefficient (Wildman–Crippen LogP) is 1.73. The van der Waals surface area contributed by atoms with Gasteiger partial charge in [-0.3, -0.25) is 10.3 Å². The molecule has 1 unspecified atom stereocenters. The minimum absolute atomic E-state index is 0.213. The smallest absolute Gasteiger partial charge is 0.412 e. The van der Waals surface area contributed by atoms with Crippen LogP contribution in [0.2, 0.25) is 0 Å². The van der Waals surface area contributed by atoms with E-state index < -0.39 is 17.9 Å². The number of hydrogen-bond acceptors (Lipinski definition) is 7. The molecule has 29 heavy (non-hydrogen) atoms. The van der Waals surface area contributed by atoms with Crippen molar-refractivity contribution in [2.24, 2.45) is 0 Å². The van der Waals surface area contributed by atoms with Gasteiger partial charge in [0.2, 0.25) is 0 Å². The molecule has 2 heterocycles. The summed E-state index contributed by atoms with van der Waals surface area (Å²) in [6, 6.07) is 11.3. The van der Waals surface area contributed by atoms with Gasteiger partial charge in [-0.05, 0) is 19.1 Å². The lowest BCUT2D eigenvalue weighted by atomic mass is 10.2. The second-order valence-corrected chi connectivity index (χ2v) is 6.45. The van der Waals surface area contributed by atoms with Gasteiger partial charge in [0.05, 0.1) is 18.4 Å². The predicted molar refractivity (Wildman–Crippen MR) is 112 cm³/mol. The Labute approximate surface area is 166 Å². The first kappa shape index (κ1) is 20.2. The Morgan fingerprint density at radius 3 is 2.79 bits per heavy atom. The number of imidazole rings is 1. The number of carbonyl (C=O) groups is 1. The van der Waals surface area contributed by atoms with Gasteiger partial charge in [0, 0.05) is 31.9 Å². The zero-order valence-electron chi connectivity index (χ0n) is 16.2. The van der Waals surface area contributed by atoms with E-state index in [4.69, 9.17) is 4.74 Å². The highest BCUT2D eigenvalue weighted by Gasteiger charge is 2.14. The molecule has 10 nitrogen and oxygen atoms in total. The molecule has 0 aliphatic rings. The van der Waals surface area contributed by atoms with Crippen molar-refractivity contribution in [2.45, 2.75) is 13.0 Å². The number of likely N-dealkylation sites (N-methyl/N-ethyl adjacent to an activating group) is 1. The minimum atomic E-state index is -0.685. The highest BCUT2D eigenvalue weighted by atomic mass is 16.5. The number of amides is 1. The third-order valence-electron chi connectivity index (χ3n) is 4.21. The van der Waals surface area contributed by atoms with Crippen LogP contribution >= 0.6 is 0 Å². The summed E-state index contributed by atoms with van der Waals surface area (Å²) in [5, 5.41) is 16.0. The van der Waals surface area contributed by atoms with Gasteiger partial charge in [0.15, 0.2) is 5.65 Å². The first-order valence-electron chi connectivity index (χ1n) is 9.21. The zero-order valence-corrected chi connectivity index (χ0v) is 16.2. The zero-order chi connectivity index (χ0) is 20.8. The summed E-state index contributed by atoms with van der Waals surface area (Å²) in [4.78, 5) is 34.7. The molecule has 3 rings (SSSR count). The number of ether oxygens (including phenoxy) is 1. The van der Waals surface area contributed by atoms with Crippen molar-refractivity contribution >= 4 is 34.4 Å². The maximum atomic E-state index is 11.7. The third-order valence-corrected chi connectivity index (χ3v) is 4.21. The van der Waals surface area contributed by atoms with Crippen LogP contribution in [-0.2, 0) is 4.74 Å². The summed E-state index contributed by atoms with van der Waals surface area (Å²) in [5.41, 5.74) is 1.82. The molecule has 2 aromatic heterocycles. The van der Waals surface area contributed by atoms with Crippen LogP contribution in [-0.4, -0.2) is 59.0 Å². The third kappa shape index (κ3) is 5.26. The molecule has 154 valence electrons. The van der Waals surface area contributed by atoms with Crippen LogP contribution < -0.4 is 21.2 Å². The topological polar surface area (TPSA) is 135 Å². The van der Waals surface area contributed by atoms with Gasteiger partial charge < -0.3 is 25.0 Å². The average molecular weight is 400 g/mol. The summed E-state index contributed by atoms with van der Waals surface area (Å²) < 4.78 is 4.85. The highest BCUT2D eigenvalue weighted by molar-refractivity contribution is 5.91. The SMILES string of the molecule is CCOC(=O)Nc1cc(NCC(O)CN(C)c2ccccc2)c2[nH]c(=O)[nH]c2n1. The Morgan fingerprint density at radius 1 is 1.31 bits per heavy atom. The number of rotatable bonds is 8. The van der Waals surface area contributed by atoms with Gasteiger partial charge in [-0.2, -0.15) is 0 Å². The fraction of sp³-hybridized carbons (Fsp3) is 0.316. The maximum Gasteiger partial charge on any atom is 0.412 e. The van der Waals surface area contributed by atoms with E-state index in [1.165, 1.54) is 0 Å². The van der Waals surface area contributed by atoms with Crippen LogP contribution in [0.3, 0.4) is 0 Å². The van der Waals surface area contributed by atoms with Crippen molar-refractivity contribution in [1.29, 1.82) is 0 Å². The second-order valence-electron chi connectivity index (χ2n) is 6.45. The molecule has 10 heteroatoms. The van der Waals surface area contributed by atoms with E-state index >= 15 is 0 Å². The largest absolute Gasteiger partial charge is 0.450 e. The first-order valence-corrected chi connectivity index (χ1v) is 9.21. The van der Waals surface area contributed by atoms with Crippen LogP contribution in [0.25, 0.3) is 11.2 Å². The lowest BCUT2D eigenvalue weighted by molar-refractivity contribution is 0.168. The first-order chi connectivity index (χ1) is 14.0. The quantitative estimate of drug-likeness (QED) is 0.388. The number of hydrogen-bond donors (Lipinski definition) is 5. The van der Waals surface area contributed by atoms with Gasteiger partial charge in [-0.1, -0.05) is 18.2 Å². The molecule has 1 atom stereocenters. The molecule has 0 saturated carbocycles. The van der Waals surface area contributed by atoms with Crippen LogP contribution in [0.5, 0.6) is 0 Å². The standard InChI is InChI=1S/C19H24N6O4/c1-3-29-19(28)22-15-9-14(16-17(21-15)24-18(27)23-16)20-10-13(26)11-25(2)12-7-5-4-6-8-12/h4-9,13,26H,3,10-11H2,1-2H3,(H4,20,21,22,23,24,27,28). The van der Waals surface area contributed by atoms with Gasteiger partial charge >= 0.3 is 11.8 Å². The number of para-hydroxylation sites is 1. The molecule has 0 aliphatic carbocycles. The molecule has 3 aromatic rings. The lowest BCUT2D eigenvalue weighted by Crippen LogP contribution is -2.33. The van der Waals surface area contributed by atoms with Gasteiger partial charge in [-0.15, -0.1) is 0 Å². The van der Waals surface area contributed by atoms with Crippen LogP contribution in [0.15, 0.2) is 41.2 Å². The van der Waals surface area contributed by atoms with Crippen LogP contribution in [0.4, 0.5) is 22.0 Å². The van der Waals surface area contributed by atoms with Crippen molar-refractivity contribution in [3.05, 3.63) is 46.9 Å². The van der Waals surface area contributed by atoms with Crippen molar-refractivity contribution in [2.75, 3.05) is 42.3 Å². The number of nitrogens with zero attached hydrogens (tertiary/aromatic N) is 2. The molecule has 0 saturated heterocycles. The summed E-state index contributed by atoms with van der Waals surface area (Å²) in [7, 11) is 1.90. The highest BCUT2D eigenvalue weighted by Crippen LogP contribution is 2.22. The number of H-pyrrole nitrogens is 2. The van der Waals surface area contributed by atoms with E-state index in [-0.39, 0.29) is 24.6 Å². The summed E-state index contributed by atoms with van der Waals surface area (Å²) in [6.45, 7) is 2.55. The van der Waals surface area contributed by atoms with Gasteiger partial charge in [-0.25, -0.2) is 14.6 Å². The fourth-order valence-electron chi connectivity index (χ4n) is 2.89. The normalized spacial score (nSPS) is 11.8. The molecule has 1 amide bonds. The maximum absolute atomic E-state index is 11.7. The summed E-state index contributed by atoms with van der Waals surface area (Å²) in [5.74, 6) is 0.213. The number of aromatic amines is 2. The summed E-state index contributed by atoms with van der Waals surface area (Å²) >= 11 is 0. The molecule has 5 N–H and O–H groups in total. The van der Waals surface area contributed by atoms with Gasteiger partial charge in [0.1, 0.15) is 11.3 Å². The number of carbonyl (C=O) groups excluding carboxylic acids is 1. The fourth-order valence-corrected chi connectivity index (χ4v) is 2.89. The van der Waals surface area contributed by atoms with E-state index in [0.717, 1.165) is 5.69 Å². The second kappa shape index (κ2) is 9.11. The van der Waals surface area contributed by atoms with E-state index in [1.54, 1.807) is 13.0 Å². The number of nitrogens with one attached hydrogen (secondary N) is 4. The Bertz CT molecular complexity index is 1020. The molecule has 0 radical (unpaired) electrons. The van der Waals surface area contributed by atoms with E-state index in [1.807, 2.05) is 42.3 Å². The number of benzene rings is 1. The molecule has 0 fully saturated rings. The Kier molecular flexibility index (Phi) is 6.35. The van der Waals surface area contributed by atoms with E-state index in [2.05, 4.69) is 25.6 Å². The van der Waals surface area contributed by atoms with E-state index in [0.29, 0.717) is 17.7 Å². The molecular formula is C19H24N6O4. The molecule has 0 bridgehead atoms. The van der Waals surface area contributed by atoms with Crippen molar-refractivity contribution in [3.63, 3.8) is 0 Å². The Morgan fingerprint density at radius 2 is 2.07 bits per heavy atom. The number of pyridine rings is 1. The summed E-state index contributed by atoms with van der Waals surface area (Å²) in [6.07, 6.45) is -1.33. The van der Waals surface area contributed by atoms with Crippen molar-refractivity contribution < 1.29 is 14.6 Å². The van der Waals surface area contributed by atoms with Gasteiger partial charge in [0.25, 0.3) is 0 Å². The molecular weight excluding hydrogens is 376 g/mol. The number of anilines is 3. The van der Waals surface area contributed by atoms with Crippen molar-refractivity contribution in [3.8, 4) is 0 Å². The van der Waals surface area contributed by atoms with E-state index in [9.17, 15) is 14.7 Å². The molecule has 0 spiro atoms. The minimum Gasteiger partial charge on any atom is -0.450 e.